The first-order valence-corrected chi connectivity index (χ1v) is 9.74. The van der Waals surface area contributed by atoms with E-state index in [0.29, 0.717) is 13.1 Å². The lowest BCUT2D eigenvalue weighted by Crippen LogP contribution is -2.42. The monoisotopic (exact) mass is 465 g/mol. The van der Waals surface area contributed by atoms with Crippen LogP contribution in [0.1, 0.15) is 52.4 Å². The number of piperidine rings is 1. The lowest BCUT2D eigenvalue weighted by Gasteiger charge is -2.33. The lowest BCUT2D eigenvalue weighted by molar-refractivity contribution is -0.122. The summed E-state index contributed by atoms with van der Waals surface area (Å²) in [7, 11) is 0. The number of rotatable bonds is 9. The van der Waals surface area contributed by atoms with E-state index >= 15 is 0 Å². The number of hydrogen-bond acceptors (Lipinski definition) is 3. The van der Waals surface area contributed by atoms with E-state index in [4.69, 9.17) is 0 Å². The average molecular weight is 465 g/mol. The molecular formula is C18H36IN5O. The number of likely N-dealkylation sites (tertiary alicyclic amines) is 1. The number of guanidine groups is 1. The summed E-state index contributed by atoms with van der Waals surface area (Å²) in [5.74, 6) is 1.34. The summed E-state index contributed by atoms with van der Waals surface area (Å²) in [6, 6.07) is 0.726. The number of carbonyl (C=O) groups is 1. The van der Waals surface area contributed by atoms with Gasteiger partial charge >= 0.3 is 0 Å². The second-order valence-electron chi connectivity index (χ2n) is 6.99. The zero-order valence-electron chi connectivity index (χ0n) is 15.9. The highest BCUT2D eigenvalue weighted by Crippen LogP contribution is 2.28. The zero-order valence-corrected chi connectivity index (χ0v) is 18.2. The number of carbonyl (C=O) groups excluding carboxylic acids is 1. The summed E-state index contributed by atoms with van der Waals surface area (Å²) < 4.78 is 0. The summed E-state index contributed by atoms with van der Waals surface area (Å²) >= 11 is 0. The van der Waals surface area contributed by atoms with Gasteiger partial charge in [0.05, 0.1) is 0 Å². The molecule has 1 saturated carbocycles. The number of nitrogens with one attached hydrogen (secondary N) is 3. The molecule has 0 aromatic carbocycles. The van der Waals surface area contributed by atoms with Crippen molar-refractivity contribution >= 4 is 35.8 Å². The Morgan fingerprint density at radius 3 is 2.56 bits per heavy atom. The summed E-state index contributed by atoms with van der Waals surface area (Å²) in [4.78, 5) is 18.8. The van der Waals surface area contributed by atoms with Crippen LogP contribution in [0.25, 0.3) is 0 Å². The van der Waals surface area contributed by atoms with Gasteiger partial charge < -0.3 is 20.9 Å². The fraction of sp³-hybridized carbons (Fsp3) is 0.889. The Morgan fingerprint density at radius 1 is 1.12 bits per heavy atom. The predicted molar refractivity (Wildman–Crippen MR) is 115 cm³/mol. The fourth-order valence-electron chi connectivity index (χ4n) is 3.15. The molecule has 6 nitrogen and oxygen atoms in total. The lowest BCUT2D eigenvalue weighted by atomic mass is 10.0. The van der Waals surface area contributed by atoms with Crippen molar-refractivity contribution in [1.29, 1.82) is 0 Å². The molecule has 1 aliphatic heterocycles. The number of halogens is 1. The Morgan fingerprint density at radius 2 is 1.88 bits per heavy atom. The van der Waals surface area contributed by atoms with Crippen LogP contribution >= 0.6 is 24.0 Å². The maximum absolute atomic E-state index is 11.6. The molecule has 1 saturated heterocycles. The summed E-state index contributed by atoms with van der Waals surface area (Å²) in [6.07, 6.45) is 7.25. The van der Waals surface area contributed by atoms with E-state index in [9.17, 15) is 4.79 Å². The van der Waals surface area contributed by atoms with Gasteiger partial charge in [0.15, 0.2) is 5.96 Å². The molecule has 1 atom stereocenters. The molecule has 0 aromatic rings. The van der Waals surface area contributed by atoms with Gasteiger partial charge in [0, 0.05) is 44.7 Å². The minimum absolute atomic E-state index is 0. The van der Waals surface area contributed by atoms with E-state index in [1.54, 1.807) is 0 Å². The molecule has 1 aliphatic carbocycles. The van der Waals surface area contributed by atoms with E-state index in [-0.39, 0.29) is 35.8 Å². The van der Waals surface area contributed by atoms with Gasteiger partial charge in [0.1, 0.15) is 0 Å². The van der Waals surface area contributed by atoms with Crippen LogP contribution in [0.5, 0.6) is 0 Å². The maximum atomic E-state index is 11.6. The fourth-order valence-corrected chi connectivity index (χ4v) is 3.15. The highest BCUT2D eigenvalue weighted by molar-refractivity contribution is 14.0. The van der Waals surface area contributed by atoms with Gasteiger partial charge in [-0.3, -0.25) is 9.79 Å². The topological polar surface area (TPSA) is 68.8 Å². The van der Waals surface area contributed by atoms with Crippen molar-refractivity contribution in [1.82, 2.24) is 20.9 Å². The molecule has 2 aliphatic rings. The Kier molecular flexibility index (Phi) is 11.4. The second-order valence-corrected chi connectivity index (χ2v) is 6.99. The summed E-state index contributed by atoms with van der Waals surface area (Å²) in [6.45, 7) is 9.85. The van der Waals surface area contributed by atoms with Gasteiger partial charge in [0.25, 0.3) is 0 Å². The zero-order chi connectivity index (χ0) is 17.2. The molecule has 0 aromatic heterocycles. The smallest absolute Gasteiger partial charge is 0.223 e. The van der Waals surface area contributed by atoms with E-state index in [2.05, 4.69) is 39.7 Å². The number of hydrogen-bond donors (Lipinski definition) is 3. The first-order valence-electron chi connectivity index (χ1n) is 9.74. The van der Waals surface area contributed by atoms with Gasteiger partial charge in [-0.05, 0) is 52.5 Å². The third kappa shape index (κ3) is 9.08. The highest BCUT2D eigenvalue weighted by atomic mass is 127. The third-order valence-electron chi connectivity index (χ3n) is 4.82. The minimum Gasteiger partial charge on any atom is -0.357 e. The molecule has 7 heteroatoms. The third-order valence-corrected chi connectivity index (χ3v) is 4.82. The molecule has 2 fully saturated rings. The number of nitrogens with zero attached hydrogens (tertiary/aromatic N) is 2. The molecule has 1 unspecified atom stereocenters. The quantitative estimate of drug-likeness (QED) is 0.211. The SMILES string of the molecule is CCNC(=NCCCN1CCCCC1C)NCCNC(=O)C1CC1.I. The molecule has 3 N–H and O–H groups in total. The molecule has 25 heavy (non-hydrogen) atoms. The highest BCUT2D eigenvalue weighted by Gasteiger charge is 2.28. The van der Waals surface area contributed by atoms with Crippen molar-refractivity contribution in [3.05, 3.63) is 0 Å². The standard InChI is InChI=1S/C18H35N5O.HI/c1-3-19-18(22-12-11-20-17(24)16-8-9-16)21-10-6-14-23-13-5-4-7-15(23)2;/h15-16H,3-14H2,1-2H3,(H,20,24)(H2,19,21,22);1H. The van der Waals surface area contributed by atoms with Crippen LogP contribution in [0, 0.1) is 5.92 Å². The molecule has 1 heterocycles. The van der Waals surface area contributed by atoms with E-state index in [1.165, 1.54) is 25.8 Å². The molecule has 1 amide bonds. The molecular weight excluding hydrogens is 429 g/mol. The Labute approximate surface area is 170 Å². The van der Waals surface area contributed by atoms with E-state index in [1.807, 2.05) is 0 Å². The Hall–Kier alpha value is -0.570. The van der Waals surface area contributed by atoms with Crippen LogP contribution < -0.4 is 16.0 Å². The van der Waals surface area contributed by atoms with Gasteiger partial charge in [-0.1, -0.05) is 6.42 Å². The van der Waals surface area contributed by atoms with Crippen LogP contribution in [0.15, 0.2) is 4.99 Å². The average Bonchev–Trinajstić information content (AvgIpc) is 3.41. The second kappa shape index (κ2) is 12.7. The molecule has 146 valence electrons. The van der Waals surface area contributed by atoms with Gasteiger partial charge in [0.2, 0.25) is 5.91 Å². The van der Waals surface area contributed by atoms with Crippen molar-refractivity contribution in [3.8, 4) is 0 Å². The molecule has 2 rings (SSSR count). The van der Waals surface area contributed by atoms with Crippen LogP contribution in [0.3, 0.4) is 0 Å². The van der Waals surface area contributed by atoms with Crippen molar-refractivity contribution in [2.24, 2.45) is 10.9 Å². The summed E-state index contributed by atoms with van der Waals surface area (Å²) in [5.41, 5.74) is 0. The Bertz CT molecular complexity index is 414. The molecule has 0 radical (unpaired) electrons. The predicted octanol–water partition coefficient (Wildman–Crippen LogP) is 1.95. The Balaban J connectivity index is 0.00000312. The van der Waals surface area contributed by atoms with E-state index < -0.39 is 0 Å². The van der Waals surface area contributed by atoms with Gasteiger partial charge in [-0.15, -0.1) is 24.0 Å². The van der Waals surface area contributed by atoms with Gasteiger partial charge in [-0.25, -0.2) is 0 Å². The number of aliphatic imine (C=N–C) groups is 1. The van der Waals surface area contributed by atoms with Crippen LogP contribution in [0.4, 0.5) is 0 Å². The van der Waals surface area contributed by atoms with Crippen LogP contribution in [0.2, 0.25) is 0 Å². The molecule has 0 spiro atoms. The van der Waals surface area contributed by atoms with E-state index in [0.717, 1.165) is 50.9 Å². The minimum atomic E-state index is 0. The van der Waals surface area contributed by atoms with Crippen molar-refractivity contribution in [2.45, 2.75) is 58.4 Å². The van der Waals surface area contributed by atoms with Crippen molar-refractivity contribution < 1.29 is 4.79 Å². The van der Waals surface area contributed by atoms with Crippen LogP contribution in [-0.2, 0) is 4.79 Å². The van der Waals surface area contributed by atoms with Gasteiger partial charge in [-0.2, -0.15) is 0 Å². The first kappa shape index (κ1) is 22.5. The van der Waals surface area contributed by atoms with Crippen LogP contribution in [-0.4, -0.2) is 62.1 Å². The van der Waals surface area contributed by atoms with Crippen molar-refractivity contribution in [2.75, 3.05) is 39.3 Å². The largest absolute Gasteiger partial charge is 0.357 e. The normalized spacial score (nSPS) is 21.4. The summed E-state index contributed by atoms with van der Waals surface area (Å²) in [5, 5.41) is 9.53. The first-order chi connectivity index (χ1) is 11.7. The van der Waals surface area contributed by atoms with Crippen molar-refractivity contribution in [3.63, 3.8) is 0 Å². The molecule has 0 bridgehead atoms. The number of amides is 1. The maximum Gasteiger partial charge on any atom is 0.223 e.